The maximum absolute atomic E-state index is 11.8. The molecular weight excluding hydrogens is 232 g/mol. The van der Waals surface area contributed by atoms with Gasteiger partial charge in [-0.05, 0) is 6.07 Å². The van der Waals surface area contributed by atoms with Crippen LogP contribution in [-0.2, 0) is 13.5 Å². The molecule has 7 heteroatoms. The molecule has 0 saturated carbocycles. The van der Waals surface area contributed by atoms with Gasteiger partial charge in [-0.15, -0.1) is 10.2 Å². The molecule has 3 N–H and O–H groups in total. The van der Waals surface area contributed by atoms with Crippen LogP contribution in [0.4, 0.5) is 5.69 Å². The third kappa shape index (κ3) is 2.62. The third-order valence-corrected chi connectivity index (χ3v) is 2.54. The van der Waals surface area contributed by atoms with E-state index in [1.165, 1.54) is 6.20 Å². The number of amides is 1. The van der Waals surface area contributed by atoms with Crippen LogP contribution in [0.5, 0.6) is 0 Å². The predicted octanol–water partition coefficient (Wildman–Crippen LogP) is -0.235. The van der Waals surface area contributed by atoms with E-state index in [1.807, 2.05) is 11.6 Å². The van der Waals surface area contributed by atoms with Gasteiger partial charge in [0.05, 0.1) is 5.56 Å². The van der Waals surface area contributed by atoms with E-state index in [2.05, 4.69) is 20.5 Å². The Morgan fingerprint density at radius 3 is 3.06 bits per heavy atom. The number of aryl methyl sites for hydroxylation is 1. The number of nitrogens with two attached hydrogens (primary N) is 1. The van der Waals surface area contributed by atoms with Crippen LogP contribution in [0.3, 0.4) is 0 Å². The Labute approximate surface area is 104 Å². The normalized spacial score (nSPS) is 10.3. The molecule has 7 nitrogen and oxygen atoms in total. The van der Waals surface area contributed by atoms with E-state index in [9.17, 15) is 4.79 Å². The van der Waals surface area contributed by atoms with Gasteiger partial charge < -0.3 is 15.6 Å². The van der Waals surface area contributed by atoms with Crippen molar-refractivity contribution in [1.29, 1.82) is 0 Å². The summed E-state index contributed by atoms with van der Waals surface area (Å²) in [6, 6.07) is 1.59. The molecule has 0 aliphatic carbocycles. The Morgan fingerprint density at radius 1 is 1.56 bits per heavy atom. The molecule has 0 aliphatic rings. The fraction of sp³-hybridized carbons (Fsp3) is 0.273. The van der Waals surface area contributed by atoms with Crippen LogP contribution in [0, 0.1) is 0 Å². The molecule has 0 aliphatic heterocycles. The minimum atomic E-state index is -0.234. The van der Waals surface area contributed by atoms with Crippen molar-refractivity contribution in [3.05, 3.63) is 36.2 Å². The summed E-state index contributed by atoms with van der Waals surface area (Å²) in [5, 5.41) is 10.5. The number of carbonyl (C=O) groups excluding carboxylic acids is 1. The van der Waals surface area contributed by atoms with Gasteiger partial charge in [0.2, 0.25) is 0 Å². The molecule has 0 saturated heterocycles. The Kier molecular flexibility index (Phi) is 3.52. The topological polar surface area (TPSA) is 98.7 Å². The highest BCUT2D eigenvalue weighted by Gasteiger charge is 2.09. The van der Waals surface area contributed by atoms with E-state index in [0.29, 0.717) is 24.2 Å². The highest BCUT2D eigenvalue weighted by Crippen LogP contribution is 2.07. The van der Waals surface area contributed by atoms with E-state index >= 15 is 0 Å². The zero-order valence-electron chi connectivity index (χ0n) is 10.00. The predicted molar refractivity (Wildman–Crippen MR) is 65.7 cm³/mol. The maximum atomic E-state index is 11.8. The highest BCUT2D eigenvalue weighted by molar-refractivity contribution is 5.98. The summed E-state index contributed by atoms with van der Waals surface area (Å²) in [6.45, 7) is 0.472. The second kappa shape index (κ2) is 5.26. The number of nitrogens with zero attached hydrogens (tertiary/aromatic N) is 4. The van der Waals surface area contributed by atoms with Gasteiger partial charge in [0, 0.05) is 38.1 Å². The Bertz CT molecular complexity index is 550. The summed E-state index contributed by atoms with van der Waals surface area (Å²) >= 11 is 0. The highest BCUT2D eigenvalue weighted by atomic mass is 16.1. The average Bonchev–Trinajstić information content (AvgIpc) is 2.75. The lowest BCUT2D eigenvalue weighted by Crippen LogP contribution is -2.27. The molecule has 2 rings (SSSR count). The van der Waals surface area contributed by atoms with E-state index < -0.39 is 0 Å². The Balaban J connectivity index is 1.90. The van der Waals surface area contributed by atoms with Crippen LogP contribution in [0.1, 0.15) is 16.2 Å². The number of hydrogen-bond donors (Lipinski definition) is 2. The van der Waals surface area contributed by atoms with Crippen LogP contribution < -0.4 is 11.1 Å². The number of pyridine rings is 1. The van der Waals surface area contributed by atoms with Crippen molar-refractivity contribution in [1.82, 2.24) is 25.1 Å². The average molecular weight is 246 g/mol. The molecule has 0 aromatic carbocycles. The fourth-order valence-electron chi connectivity index (χ4n) is 1.51. The lowest BCUT2D eigenvalue weighted by molar-refractivity contribution is 0.0954. The number of anilines is 1. The first-order valence-electron chi connectivity index (χ1n) is 5.49. The van der Waals surface area contributed by atoms with Gasteiger partial charge in [0.25, 0.3) is 5.91 Å². The zero-order valence-corrected chi connectivity index (χ0v) is 10.00. The number of nitrogen functional groups attached to an aromatic ring is 1. The van der Waals surface area contributed by atoms with Crippen molar-refractivity contribution in [2.24, 2.45) is 7.05 Å². The number of rotatable bonds is 4. The van der Waals surface area contributed by atoms with Crippen LogP contribution in [0.15, 0.2) is 24.8 Å². The molecule has 18 heavy (non-hydrogen) atoms. The van der Waals surface area contributed by atoms with Gasteiger partial charge in [0.15, 0.2) is 0 Å². The van der Waals surface area contributed by atoms with Crippen molar-refractivity contribution < 1.29 is 4.79 Å². The lowest BCUT2D eigenvalue weighted by atomic mass is 10.2. The molecule has 0 bridgehead atoms. The molecule has 0 spiro atoms. The first kappa shape index (κ1) is 12.0. The van der Waals surface area contributed by atoms with Crippen molar-refractivity contribution >= 4 is 11.6 Å². The molecule has 0 unspecified atom stereocenters. The van der Waals surface area contributed by atoms with E-state index in [0.717, 1.165) is 5.82 Å². The van der Waals surface area contributed by atoms with Crippen LogP contribution >= 0.6 is 0 Å². The molecule has 0 radical (unpaired) electrons. The molecular formula is C11H14N6O. The SMILES string of the molecule is Cn1cnnc1CCNC(=O)c1cnccc1N. The van der Waals surface area contributed by atoms with Crippen molar-refractivity contribution in [3.63, 3.8) is 0 Å². The third-order valence-electron chi connectivity index (χ3n) is 2.54. The Morgan fingerprint density at radius 2 is 2.39 bits per heavy atom. The number of aromatic nitrogens is 4. The van der Waals surface area contributed by atoms with Gasteiger partial charge >= 0.3 is 0 Å². The maximum Gasteiger partial charge on any atom is 0.254 e. The first-order valence-corrected chi connectivity index (χ1v) is 5.49. The molecule has 2 aromatic heterocycles. The molecule has 0 fully saturated rings. The summed E-state index contributed by atoms with van der Waals surface area (Å²) in [6.07, 6.45) is 5.23. The van der Waals surface area contributed by atoms with Crippen LogP contribution in [0.25, 0.3) is 0 Å². The largest absolute Gasteiger partial charge is 0.398 e. The van der Waals surface area contributed by atoms with E-state index in [4.69, 9.17) is 5.73 Å². The zero-order chi connectivity index (χ0) is 13.0. The standard InChI is InChI=1S/C11H14N6O/c1-17-7-15-16-10(17)3-5-14-11(18)8-6-13-4-2-9(8)12/h2,4,6-7H,3,5H2,1H3,(H2,12,13)(H,14,18). The number of hydrogen-bond acceptors (Lipinski definition) is 5. The van der Waals surface area contributed by atoms with E-state index in [1.54, 1.807) is 18.6 Å². The van der Waals surface area contributed by atoms with Gasteiger partial charge in [0.1, 0.15) is 12.2 Å². The van der Waals surface area contributed by atoms with Crippen LogP contribution in [-0.4, -0.2) is 32.2 Å². The summed E-state index contributed by atoms with van der Waals surface area (Å²) in [4.78, 5) is 15.7. The minimum absolute atomic E-state index is 0.234. The molecule has 94 valence electrons. The number of carbonyl (C=O) groups is 1. The molecule has 0 atom stereocenters. The van der Waals surface area contributed by atoms with Crippen molar-refractivity contribution in [2.45, 2.75) is 6.42 Å². The van der Waals surface area contributed by atoms with Crippen molar-refractivity contribution in [3.8, 4) is 0 Å². The monoisotopic (exact) mass is 246 g/mol. The second-order valence-corrected chi connectivity index (χ2v) is 3.83. The first-order chi connectivity index (χ1) is 8.68. The Hall–Kier alpha value is -2.44. The van der Waals surface area contributed by atoms with Crippen LogP contribution in [0.2, 0.25) is 0 Å². The minimum Gasteiger partial charge on any atom is -0.398 e. The summed E-state index contributed by atoms with van der Waals surface area (Å²) in [5.74, 6) is 0.581. The summed E-state index contributed by atoms with van der Waals surface area (Å²) < 4.78 is 1.81. The van der Waals surface area contributed by atoms with Gasteiger partial charge in [-0.25, -0.2) is 0 Å². The molecule has 2 aromatic rings. The second-order valence-electron chi connectivity index (χ2n) is 3.83. The quantitative estimate of drug-likeness (QED) is 0.776. The van der Waals surface area contributed by atoms with E-state index in [-0.39, 0.29) is 5.91 Å². The fourth-order valence-corrected chi connectivity index (χ4v) is 1.51. The van der Waals surface area contributed by atoms with Gasteiger partial charge in [-0.2, -0.15) is 0 Å². The molecule has 2 heterocycles. The lowest BCUT2D eigenvalue weighted by Gasteiger charge is -2.06. The summed E-state index contributed by atoms with van der Waals surface area (Å²) in [7, 11) is 1.86. The summed E-state index contributed by atoms with van der Waals surface area (Å²) in [5.41, 5.74) is 6.49. The van der Waals surface area contributed by atoms with Gasteiger partial charge in [-0.3, -0.25) is 9.78 Å². The smallest absolute Gasteiger partial charge is 0.254 e. The molecule has 1 amide bonds. The number of nitrogens with one attached hydrogen (secondary N) is 1. The van der Waals surface area contributed by atoms with Crippen molar-refractivity contribution in [2.75, 3.05) is 12.3 Å². The van der Waals surface area contributed by atoms with Gasteiger partial charge in [-0.1, -0.05) is 0 Å².